The minimum absolute atomic E-state index is 0.0573. The smallest absolute Gasteiger partial charge is 0.258 e. The summed E-state index contributed by atoms with van der Waals surface area (Å²) in [4.78, 5) is 16.6. The van der Waals surface area contributed by atoms with Crippen molar-refractivity contribution in [3.8, 4) is 5.75 Å². The lowest BCUT2D eigenvalue weighted by molar-refractivity contribution is -0.123. The van der Waals surface area contributed by atoms with Crippen molar-refractivity contribution in [2.45, 2.75) is 30.3 Å². The van der Waals surface area contributed by atoms with Crippen LogP contribution in [0.25, 0.3) is 10.9 Å². The van der Waals surface area contributed by atoms with Crippen LogP contribution in [0.5, 0.6) is 5.75 Å². The van der Waals surface area contributed by atoms with E-state index in [0.29, 0.717) is 16.3 Å². The lowest BCUT2D eigenvalue weighted by Crippen LogP contribution is -2.28. The average Bonchev–Trinajstić information content (AvgIpc) is 3.55. The standard InChI is InChI=1S/C21H20ClN3O4S/c22-18-9-10-19(21-17(18)2-1-11-23-21)29-13-20(26)24-12-14-3-7-16(8-4-14)30(27,28)25-15-5-6-15/h1-4,7-11,15,25H,5-6,12-13H2,(H,24,26). The molecule has 1 amide bonds. The molecule has 9 heteroatoms. The summed E-state index contributed by atoms with van der Waals surface area (Å²) in [7, 11) is -3.48. The number of amides is 1. The Kier molecular flexibility index (Phi) is 5.90. The largest absolute Gasteiger partial charge is 0.481 e. The van der Waals surface area contributed by atoms with Gasteiger partial charge in [0.1, 0.15) is 11.3 Å². The van der Waals surface area contributed by atoms with Crippen LogP contribution in [0.2, 0.25) is 5.02 Å². The van der Waals surface area contributed by atoms with Gasteiger partial charge in [0.15, 0.2) is 6.61 Å². The fraction of sp³-hybridized carbons (Fsp3) is 0.238. The minimum atomic E-state index is -3.48. The van der Waals surface area contributed by atoms with Crippen LogP contribution >= 0.6 is 11.6 Å². The zero-order chi connectivity index (χ0) is 21.1. The first kappa shape index (κ1) is 20.6. The van der Waals surface area contributed by atoms with Gasteiger partial charge in [-0.1, -0.05) is 23.7 Å². The van der Waals surface area contributed by atoms with E-state index in [2.05, 4.69) is 15.0 Å². The van der Waals surface area contributed by atoms with E-state index in [0.717, 1.165) is 23.8 Å². The molecule has 1 saturated carbocycles. The average molecular weight is 446 g/mol. The number of rotatable bonds is 8. The summed E-state index contributed by atoms with van der Waals surface area (Å²) in [5, 5.41) is 4.07. The van der Waals surface area contributed by atoms with Crippen molar-refractivity contribution in [1.82, 2.24) is 15.0 Å². The number of hydrogen-bond acceptors (Lipinski definition) is 5. The fourth-order valence-electron chi connectivity index (χ4n) is 2.90. The summed E-state index contributed by atoms with van der Waals surface area (Å²) in [6.45, 7) is 0.0866. The van der Waals surface area contributed by atoms with Crippen LogP contribution in [-0.2, 0) is 21.4 Å². The third-order valence-electron chi connectivity index (χ3n) is 4.66. The maximum atomic E-state index is 12.2. The normalized spacial score (nSPS) is 13.9. The number of benzene rings is 2. The molecule has 3 aromatic rings. The van der Waals surface area contributed by atoms with Gasteiger partial charge >= 0.3 is 0 Å². The first-order valence-corrected chi connectivity index (χ1v) is 11.3. The van der Waals surface area contributed by atoms with E-state index in [1.165, 1.54) is 12.1 Å². The Morgan fingerprint density at radius 1 is 1.13 bits per heavy atom. The number of nitrogens with one attached hydrogen (secondary N) is 2. The van der Waals surface area contributed by atoms with Crippen molar-refractivity contribution < 1.29 is 17.9 Å². The Morgan fingerprint density at radius 3 is 2.63 bits per heavy atom. The lowest BCUT2D eigenvalue weighted by Gasteiger charge is -2.10. The molecule has 0 spiro atoms. The lowest BCUT2D eigenvalue weighted by atomic mass is 10.2. The van der Waals surface area contributed by atoms with E-state index in [9.17, 15) is 13.2 Å². The first-order valence-electron chi connectivity index (χ1n) is 9.46. The van der Waals surface area contributed by atoms with E-state index >= 15 is 0 Å². The first-order chi connectivity index (χ1) is 14.4. The van der Waals surface area contributed by atoms with Gasteiger partial charge in [-0.3, -0.25) is 9.78 Å². The van der Waals surface area contributed by atoms with Gasteiger partial charge < -0.3 is 10.1 Å². The predicted molar refractivity (Wildman–Crippen MR) is 114 cm³/mol. The van der Waals surface area contributed by atoms with Gasteiger partial charge in [-0.15, -0.1) is 0 Å². The van der Waals surface area contributed by atoms with Gasteiger partial charge in [0.2, 0.25) is 10.0 Å². The Hall–Kier alpha value is -2.68. The number of aromatic nitrogens is 1. The van der Waals surface area contributed by atoms with Crippen molar-refractivity contribution in [2.75, 3.05) is 6.61 Å². The van der Waals surface area contributed by atoms with Crippen LogP contribution < -0.4 is 14.8 Å². The number of ether oxygens (including phenoxy) is 1. The Balaban J connectivity index is 1.31. The summed E-state index contributed by atoms with van der Waals surface area (Å²) in [6.07, 6.45) is 3.40. The molecular formula is C21H20ClN3O4S. The third-order valence-corrected chi connectivity index (χ3v) is 6.53. The molecule has 1 fully saturated rings. The second kappa shape index (κ2) is 8.59. The molecule has 1 aliphatic rings. The summed E-state index contributed by atoms with van der Waals surface area (Å²) < 4.78 is 32.6. The molecule has 0 aliphatic heterocycles. The predicted octanol–water partition coefficient (Wildman–Crippen LogP) is 3.02. The summed E-state index contributed by atoms with van der Waals surface area (Å²) >= 11 is 6.16. The highest BCUT2D eigenvalue weighted by atomic mass is 35.5. The Bertz CT molecular complexity index is 1180. The van der Waals surface area contributed by atoms with Crippen LogP contribution in [0.1, 0.15) is 18.4 Å². The minimum Gasteiger partial charge on any atom is -0.481 e. The van der Waals surface area contributed by atoms with E-state index in [1.54, 1.807) is 36.5 Å². The Morgan fingerprint density at radius 2 is 1.90 bits per heavy atom. The summed E-state index contributed by atoms with van der Waals surface area (Å²) in [5.74, 6) is 0.170. The molecule has 7 nitrogen and oxygen atoms in total. The number of halogens is 1. The molecule has 0 unspecified atom stereocenters. The van der Waals surface area contributed by atoms with E-state index in [-0.39, 0.29) is 30.0 Å². The second-order valence-electron chi connectivity index (χ2n) is 7.05. The molecule has 0 bridgehead atoms. The number of sulfonamides is 1. The van der Waals surface area contributed by atoms with Gasteiger partial charge in [0.05, 0.1) is 9.92 Å². The fourth-order valence-corrected chi connectivity index (χ4v) is 4.42. The van der Waals surface area contributed by atoms with E-state index in [1.807, 2.05) is 6.07 Å². The molecule has 0 saturated heterocycles. The maximum absolute atomic E-state index is 12.2. The van der Waals surface area contributed by atoms with Gasteiger partial charge in [-0.05, 0) is 54.8 Å². The Labute approximate surface area is 179 Å². The zero-order valence-corrected chi connectivity index (χ0v) is 17.5. The van der Waals surface area contributed by atoms with Crippen molar-refractivity contribution in [1.29, 1.82) is 0 Å². The molecule has 0 radical (unpaired) electrons. The molecule has 1 aromatic heterocycles. The molecular weight excluding hydrogens is 426 g/mol. The quantitative estimate of drug-likeness (QED) is 0.555. The zero-order valence-electron chi connectivity index (χ0n) is 16.0. The number of hydrogen-bond donors (Lipinski definition) is 2. The molecule has 156 valence electrons. The van der Waals surface area contributed by atoms with Gasteiger partial charge in [0.25, 0.3) is 5.91 Å². The van der Waals surface area contributed by atoms with Gasteiger partial charge in [0, 0.05) is 24.2 Å². The summed E-state index contributed by atoms with van der Waals surface area (Å²) in [6, 6.07) is 13.5. The number of carbonyl (C=O) groups is 1. The maximum Gasteiger partial charge on any atom is 0.258 e. The highest BCUT2D eigenvalue weighted by Crippen LogP contribution is 2.29. The van der Waals surface area contributed by atoms with Crippen LogP contribution in [0, 0.1) is 0 Å². The van der Waals surface area contributed by atoms with Crippen LogP contribution in [0.15, 0.2) is 59.6 Å². The molecule has 30 heavy (non-hydrogen) atoms. The molecule has 1 aliphatic carbocycles. The van der Waals surface area contributed by atoms with Crippen LogP contribution in [0.4, 0.5) is 0 Å². The number of carbonyl (C=O) groups excluding carboxylic acids is 1. The molecule has 4 rings (SSSR count). The molecule has 1 heterocycles. The highest BCUT2D eigenvalue weighted by Gasteiger charge is 2.27. The monoisotopic (exact) mass is 445 g/mol. The van der Waals surface area contributed by atoms with Crippen molar-refractivity contribution in [3.05, 3.63) is 65.3 Å². The molecule has 2 aromatic carbocycles. The number of nitrogens with zero attached hydrogens (tertiary/aromatic N) is 1. The number of pyridine rings is 1. The highest BCUT2D eigenvalue weighted by molar-refractivity contribution is 7.89. The second-order valence-corrected chi connectivity index (χ2v) is 9.17. The topological polar surface area (TPSA) is 97.4 Å². The van der Waals surface area contributed by atoms with Crippen molar-refractivity contribution >= 4 is 38.4 Å². The molecule has 2 N–H and O–H groups in total. The van der Waals surface area contributed by atoms with Crippen LogP contribution in [0.3, 0.4) is 0 Å². The van der Waals surface area contributed by atoms with Crippen molar-refractivity contribution in [2.24, 2.45) is 0 Å². The SMILES string of the molecule is O=C(COc1ccc(Cl)c2cccnc12)NCc1ccc(S(=O)(=O)NC2CC2)cc1. The van der Waals surface area contributed by atoms with Crippen LogP contribution in [-0.4, -0.2) is 32.0 Å². The van der Waals surface area contributed by atoms with Gasteiger partial charge in [-0.2, -0.15) is 0 Å². The van der Waals surface area contributed by atoms with Gasteiger partial charge in [-0.25, -0.2) is 13.1 Å². The van der Waals surface area contributed by atoms with E-state index in [4.69, 9.17) is 16.3 Å². The molecule has 0 atom stereocenters. The number of fused-ring (bicyclic) bond motifs is 1. The summed E-state index contributed by atoms with van der Waals surface area (Å²) in [5.41, 5.74) is 1.38. The van der Waals surface area contributed by atoms with E-state index < -0.39 is 10.0 Å². The van der Waals surface area contributed by atoms with Crippen molar-refractivity contribution in [3.63, 3.8) is 0 Å². The third kappa shape index (κ3) is 4.89.